The zero-order valence-electron chi connectivity index (χ0n) is 31.1. The average molecular weight is 764 g/mol. The topological polar surface area (TPSA) is 150 Å². The Hall–Kier alpha value is -6.25. The molecule has 4 aromatic rings. The minimum Gasteiger partial charge on any atom is -0.493 e. The van der Waals surface area contributed by atoms with Gasteiger partial charge in [0.25, 0.3) is 11.8 Å². The molecule has 0 spiro atoms. The maximum atomic E-state index is 13.6. The standard InChI is InChI=1S/C40H40F3N3O9/c1-7-19-54-38(50)26-21-30(39(51)53-6)35(32(22-26)52-5)55-33(47)10-8-9-24-12-18-31(29(20-24)37(49)46(3)4)45-36(48)28-17-11-23(2)44-34(28)25-13-15-27(16-14-25)40(41,42)43/h11-18,20-22H,7-10,19H2,1-6H3,(H,45,48). The molecule has 0 aliphatic rings. The number of amides is 2. The highest BCUT2D eigenvalue weighted by Gasteiger charge is 2.30. The highest BCUT2D eigenvalue weighted by molar-refractivity contribution is 6.11. The molecule has 0 saturated heterocycles. The van der Waals surface area contributed by atoms with E-state index in [9.17, 15) is 37.1 Å². The van der Waals surface area contributed by atoms with E-state index in [0.29, 0.717) is 29.7 Å². The molecule has 15 heteroatoms. The minimum atomic E-state index is -4.53. The van der Waals surface area contributed by atoms with Crippen LogP contribution in [0.5, 0.6) is 11.5 Å². The van der Waals surface area contributed by atoms with Gasteiger partial charge in [0.2, 0.25) is 0 Å². The Morgan fingerprint density at radius 1 is 0.855 bits per heavy atom. The number of halogens is 3. The lowest BCUT2D eigenvalue weighted by Crippen LogP contribution is -2.24. The van der Waals surface area contributed by atoms with Crippen molar-refractivity contribution >= 4 is 35.4 Å². The monoisotopic (exact) mass is 763 g/mol. The second-order valence-corrected chi connectivity index (χ2v) is 12.5. The maximum Gasteiger partial charge on any atom is 0.416 e. The molecule has 0 saturated carbocycles. The van der Waals surface area contributed by atoms with Crippen molar-refractivity contribution < 1.29 is 56.1 Å². The fraction of sp³-hybridized carbons (Fsp3) is 0.300. The number of nitrogens with one attached hydrogen (secondary N) is 1. The number of hydrogen-bond acceptors (Lipinski definition) is 10. The number of rotatable bonds is 14. The second kappa shape index (κ2) is 18.2. The quantitative estimate of drug-likeness (QED) is 0.102. The SMILES string of the molecule is CCCOC(=O)c1cc(OC)c(OC(=O)CCCc2ccc(NC(=O)c3ccc(C)nc3-c3ccc(C(F)(F)F)cc3)c(C(=O)N(C)C)c2)c(C(=O)OC)c1. The summed E-state index contributed by atoms with van der Waals surface area (Å²) in [7, 11) is 5.50. The van der Waals surface area contributed by atoms with Crippen LogP contribution in [0.25, 0.3) is 11.3 Å². The summed E-state index contributed by atoms with van der Waals surface area (Å²) in [5.74, 6) is -3.63. The number of hydrogen-bond donors (Lipinski definition) is 1. The molecule has 2 amide bonds. The summed E-state index contributed by atoms with van der Waals surface area (Å²) < 4.78 is 60.4. The lowest BCUT2D eigenvalue weighted by atomic mass is 10.0. The zero-order valence-corrected chi connectivity index (χ0v) is 31.1. The van der Waals surface area contributed by atoms with Crippen LogP contribution >= 0.6 is 0 Å². The molecule has 4 rings (SSSR count). The highest BCUT2D eigenvalue weighted by Crippen LogP contribution is 2.35. The van der Waals surface area contributed by atoms with E-state index in [0.717, 1.165) is 19.2 Å². The van der Waals surface area contributed by atoms with Gasteiger partial charge < -0.3 is 29.2 Å². The number of nitrogens with zero attached hydrogens (tertiary/aromatic N) is 2. The van der Waals surface area contributed by atoms with Crippen LogP contribution in [0, 0.1) is 6.92 Å². The smallest absolute Gasteiger partial charge is 0.416 e. The molecule has 12 nitrogen and oxygen atoms in total. The first-order chi connectivity index (χ1) is 26.1. The van der Waals surface area contributed by atoms with Crippen LogP contribution in [-0.4, -0.2) is 74.5 Å². The molecule has 290 valence electrons. The number of alkyl halides is 3. The van der Waals surface area contributed by atoms with Gasteiger partial charge in [-0.1, -0.05) is 25.1 Å². The largest absolute Gasteiger partial charge is 0.493 e. The van der Waals surface area contributed by atoms with Gasteiger partial charge in [-0.15, -0.1) is 0 Å². The van der Waals surface area contributed by atoms with E-state index in [1.54, 1.807) is 45.3 Å². The van der Waals surface area contributed by atoms with Gasteiger partial charge in [0, 0.05) is 31.8 Å². The van der Waals surface area contributed by atoms with Crippen molar-refractivity contribution in [1.82, 2.24) is 9.88 Å². The fourth-order valence-corrected chi connectivity index (χ4v) is 5.36. The zero-order chi connectivity index (χ0) is 40.4. The molecule has 1 N–H and O–H groups in total. The van der Waals surface area contributed by atoms with Crippen LogP contribution in [-0.2, 0) is 26.9 Å². The lowest BCUT2D eigenvalue weighted by molar-refractivity contribution is -0.137. The Morgan fingerprint density at radius 3 is 2.18 bits per heavy atom. The first kappa shape index (κ1) is 41.5. The first-order valence-corrected chi connectivity index (χ1v) is 17.1. The number of methoxy groups -OCH3 is 2. The van der Waals surface area contributed by atoms with Crippen molar-refractivity contribution in [2.45, 2.75) is 45.7 Å². The van der Waals surface area contributed by atoms with E-state index >= 15 is 0 Å². The van der Waals surface area contributed by atoms with Crippen LogP contribution in [0.2, 0.25) is 0 Å². The average Bonchev–Trinajstić information content (AvgIpc) is 3.16. The van der Waals surface area contributed by atoms with Crippen LogP contribution in [0.3, 0.4) is 0 Å². The summed E-state index contributed by atoms with van der Waals surface area (Å²) in [5.41, 5.74) is 1.00. The molecule has 0 aliphatic carbocycles. The molecule has 0 bridgehead atoms. The summed E-state index contributed by atoms with van der Waals surface area (Å²) in [4.78, 5) is 70.7. The van der Waals surface area contributed by atoms with Gasteiger partial charge in [0.15, 0.2) is 11.5 Å². The Labute approximate surface area is 315 Å². The third kappa shape index (κ3) is 10.5. The van der Waals surface area contributed by atoms with Crippen molar-refractivity contribution in [1.29, 1.82) is 0 Å². The maximum absolute atomic E-state index is 13.6. The predicted octanol–water partition coefficient (Wildman–Crippen LogP) is 7.32. The van der Waals surface area contributed by atoms with E-state index in [1.807, 2.05) is 6.92 Å². The number of pyridine rings is 1. The molecule has 0 fully saturated rings. The number of anilines is 1. The Bertz CT molecular complexity index is 2080. The van der Waals surface area contributed by atoms with Crippen molar-refractivity contribution in [3.05, 3.63) is 106 Å². The molecular formula is C40H40F3N3O9. The summed E-state index contributed by atoms with van der Waals surface area (Å²) in [6.45, 7) is 3.67. The number of aromatic nitrogens is 1. The Morgan fingerprint density at radius 2 is 1.56 bits per heavy atom. The number of aryl methyl sites for hydroxylation is 2. The molecule has 1 aromatic heterocycles. The van der Waals surface area contributed by atoms with Crippen molar-refractivity contribution in [2.24, 2.45) is 0 Å². The van der Waals surface area contributed by atoms with Crippen LogP contribution < -0.4 is 14.8 Å². The number of benzene rings is 3. The van der Waals surface area contributed by atoms with Gasteiger partial charge in [-0.25, -0.2) is 9.59 Å². The van der Waals surface area contributed by atoms with Crippen molar-refractivity contribution in [3.63, 3.8) is 0 Å². The van der Waals surface area contributed by atoms with Crippen LogP contribution in [0.1, 0.15) is 84.4 Å². The molecule has 0 unspecified atom stereocenters. The molecule has 1 heterocycles. The van der Waals surface area contributed by atoms with E-state index in [2.05, 4.69) is 10.3 Å². The van der Waals surface area contributed by atoms with E-state index in [4.69, 9.17) is 18.9 Å². The molecule has 0 atom stereocenters. The lowest BCUT2D eigenvalue weighted by Gasteiger charge is -2.17. The van der Waals surface area contributed by atoms with Gasteiger partial charge in [-0.2, -0.15) is 13.2 Å². The van der Waals surface area contributed by atoms with Gasteiger partial charge in [0.05, 0.1) is 54.5 Å². The predicted molar refractivity (Wildman–Crippen MR) is 195 cm³/mol. The van der Waals surface area contributed by atoms with Crippen LogP contribution in [0.4, 0.5) is 18.9 Å². The highest BCUT2D eigenvalue weighted by atomic mass is 19.4. The fourth-order valence-electron chi connectivity index (χ4n) is 5.36. The minimum absolute atomic E-state index is 0.00309. The molecule has 3 aromatic carbocycles. The van der Waals surface area contributed by atoms with Gasteiger partial charge in [-0.3, -0.25) is 19.4 Å². The van der Waals surface area contributed by atoms with Gasteiger partial charge in [-0.05, 0) is 80.3 Å². The van der Waals surface area contributed by atoms with Crippen molar-refractivity contribution in [2.75, 3.05) is 40.2 Å². The van der Waals surface area contributed by atoms with Crippen molar-refractivity contribution in [3.8, 4) is 22.8 Å². The van der Waals surface area contributed by atoms with Gasteiger partial charge >= 0.3 is 24.1 Å². The Balaban J connectivity index is 1.52. The Kier molecular flexibility index (Phi) is 13.7. The summed E-state index contributed by atoms with van der Waals surface area (Å²) in [6.07, 6.45) is -3.51. The van der Waals surface area contributed by atoms with E-state index < -0.39 is 41.5 Å². The summed E-state index contributed by atoms with van der Waals surface area (Å²) in [6, 6.07) is 14.7. The number of carbonyl (C=O) groups excluding carboxylic acids is 5. The molecule has 0 radical (unpaired) electrons. The molecule has 0 aliphatic heterocycles. The molecular weight excluding hydrogens is 723 g/mol. The van der Waals surface area contributed by atoms with E-state index in [1.165, 1.54) is 42.3 Å². The normalized spacial score (nSPS) is 11.0. The van der Waals surface area contributed by atoms with Gasteiger partial charge in [0.1, 0.15) is 5.56 Å². The second-order valence-electron chi connectivity index (χ2n) is 12.5. The summed E-state index contributed by atoms with van der Waals surface area (Å²) >= 11 is 0. The first-order valence-electron chi connectivity index (χ1n) is 17.1. The van der Waals surface area contributed by atoms with Crippen LogP contribution in [0.15, 0.2) is 66.7 Å². The molecule has 55 heavy (non-hydrogen) atoms. The third-order valence-corrected chi connectivity index (χ3v) is 8.15. The number of esters is 3. The summed E-state index contributed by atoms with van der Waals surface area (Å²) in [5, 5.41) is 2.75. The van der Waals surface area contributed by atoms with E-state index in [-0.39, 0.29) is 64.6 Å². The number of ether oxygens (including phenoxy) is 4. The third-order valence-electron chi connectivity index (χ3n) is 8.15. The number of carbonyl (C=O) groups is 5.